The lowest BCUT2D eigenvalue weighted by molar-refractivity contribution is -0.157. The highest BCUT2D eigenvalue weighted by atomic mass is 16.8. The summed E-state index contributed by atoms with van der Waals surface area (Å²) in [5.74, 6) is -0.474. The minimum absolute atomic E-state index is 0.137. The lowest BCUT2D eigenvalue weighted by Crippen LogP contribution is -2.33. The summed E-state index contributed by atoms with van der Waals surface area (Å²) in [6.07, 6.45) is 8.39. The van der Waals surface area contributed by atoms with E-state index in [0.717, 1.165) is 25.7 Å². The van der Waals surface area contributed by atoms with Gasteiger partial charge in [-0.1, -0.05) is 23.3 Å². The van der Waals surface area contributed by atoms with Crippen molar-refractivity contribution in [2.24, 2.45) is 0 Å². The number of hydrogen-bond acceptors (Lipinski definition) is 3. The van der Waals surface area contributed by atoms with Crippen LogP contribution in [0.4, 0.5) is 0 Å². The van der Waals surface area contributed by atoms with Crippen molar-refractivity contribution in [3.05, 3.63) is 23.3 Å². The Labute approximate surface area is 130 Å². The molecule has 1 N–H and O–H groups in total. The van der Waals surface area contributed by atoms with Crippen molar-refractivity contribution in [3.63, 3.8) is 0 Å². The van der Waals surface area contributed by atoms with Crippen LogP contribution in [-0.4, -0.2) is 29.2 Å². The van der Waals surface area contributed by atoms with Gasteiger partial charge in [-0.3, -0.25) is 0 Å². The first-order valence-electron chi connectivity index (χ1n) is 7.96. The van der Waals surface area contributed by atoms with Crippen LogP contribution in [0.5, 0.6) is 0 Å². The molecule has 1 aliphatic rings. The number of aliphatic hydroxyl groups excluding tert-OH is 1. The minimum atomic E-state index is -0.474. The van der Waals surface area contributed by atoms with Crippen LogP contribution < -0.4 is 0 Å². The van der Waals surface area contributed by atoms with Crippen LogP contribution in [0.2, 0.25) is 0 Å². The number of rotatable bonds is 7. The van der Waals surface area contributed by atoms with Gasteiger partial charge in [0.2, 0.25) is 0 Å². The number of aliphatic hydroxyl groups is 1. The van der Waals surface area contributed by atoms with Gasteiger partial charge >= 0.3 is 0 Å². The molecular formula is C18H32O3. The van der Waals surface area contributed by atoms with Crippen LogP contribution >= 0.6 is 0 Å². The maximum absolute atomic E-state index is 8.82. The van der Waals surface area contributed by atoms with E-state index in [1.165, 1.54) is 11.1 Å². The molecule has 0 bridgehead atoms. The molecule has 0 aromatic heterocycles. The molecule has 1 fully saturated rings. The van der Waals surface area contributed by atoms with Gasteiger partial charge in [0.25, 0.3) is 0 Å². The van der Waals surface area contributed by atoms with Gasteiger partial charge in [0, 0.05) is 0 Å². The largest absolute Gasteiger partial charge is 0.392 e. The fourth-order valence-corrected chi connectivity index (χ4v) is 2.88. The second-order valence-electron chi connectivity index (χ2n) is 7.07. The Kier molecular flexibility index (Phi) is 6.64. The van der Waals surface area contributed by atoms with E-state index in [-0.39, 0.29) is 18.3 Å². The van der Waals surface area contributed by atoms with Gasteiger partial charge in [0.15, 0.2) is 5.79 Å². The molecule has 1 heterocycles. The second kappa shape index (κ2) is 7.57. The molecule has 21 heavy (non-hydrogen) atoms. The Balaban J connectivity index is 2.39. The molecular weight excluding hydrogens is 264 g/mol. The standard InChI is InChI=1S/C18H32O3/c1-14(8-7-9-15(2)12-13-19)10-11-16-17(3,4)21-18(5,6)20-16/h8,12,16,19H,7,9-11,13H2,1-6H3/b14-8+,15-12+/t16-/m1/s1. The maximum Gasteiger partial charge on any atom is 0.164 e. The van der Waals surface area contributed by atoms with Gasteiger partial charge in [-0.15, -0.1) is 0 Å². The van der Waals surface area contributed by atoms with Crippen LogP contribution in [-0.2, 0) is 9.47 Å². The summed E-state index contributed by atoms with van der Waals surface area (Å²) in [7, 11) is 0. The van der Waals surface area contributed by atoms with Crippen molar-refractivity contribution in [2.75, 3.05) is 6.61 Å². The summed E-state index contributed by atoms with van der Waals surface area (Å²) < 4.78 is 12.0. The monoisotopic (exact) mass is 296 g/mol. The molecule has 0 aromatic rings. The summed E-state index contributed by atoms with van der Waals surface area (Å²) in [5.41, 5.74) is 2.43. The summed E-state index contributed by atoms with van der Waals surface area (Å²) in [6, 6.07) is 0. The third-order valence-corrected chi connectivity index (χ3v) is 3.98. The highest BCUT2D eigenvalue weighted by Gasteiger charge is 2.46. The SMILES string of the molecule is C/C(=C\CO)CC/C=C(\C)CC[C@H]1OC(C)(C)OC1(C)C. The van der Waals surface area contributed by atoms with Gasteiger partial charge < -0.3 is 14.6 Å². The third-order valence-electron chi connectivity index (χ3n) is 3.98. The summed E-state index contributed by atoms with van der Waals surface area (Å²) >= 11 is 0. The molecule has 0 unspecified atom stereocenters. The smallest absolute Gasteiger partial charge is 0.164 e. The zero-order valence-corrected chi connectivity index (χ0v) is 14.5. The van der Waals surface area contributed by atoms with Crippen LogP contribution in [0.25, 0.3) is 0 Å². The van der Waals surface area contributed by atoms with Crippen molar-refractivity contribution < 1.29 is 14.6 Å². The maximum atomic E-state index is 8.82. The number of ether oxygens (including phenoxy) is 2. The van der Waals surface area contributed by atoms with E-state index in [1.54, 1.807) is 0 Å². The Morgan fingerprint density at radius 3 is 2.19 bits per heavy atom. The molecule has 122 valence electrons. The first-order chi connectivity index (χ1) is 9.66. The van der Waals surface area contributed by atoms with E-state index in [2.05, 4.69) is 33.8 Å². The predicted octanol–water partition coefficient (Wildman–Crippen LogP) is 4.36. The molecule has 0 aromatic carbocycles. The van der Waals surface area contributed by atoms with Crippen LogP contribution in [0, 0.1) is 0 Å². The van der Waals surface area contributed by atoms with Gasteiger partial charge in [0.1, 0.15) is 0 Å². The number of hydrogen-bond donors (Lipinski definition) is 1. The molecule has 3 nitrogen and oxygen atoms in total. The fourth-order valence-electron chi connectivity index (χ4n) is 2.88. The zero-order valence-electron chi connectivity index (χ0n) is 14.5. The van der Waals surface area contributed by atoms with E-state index in [1.807, 2.05) is 19.9 Å². The molecule has 1 atom stereocenters. The highest BCUT2D eigenvalue weighted by molar-refractivity contribution is 5.04. The fraction of sp³-hybridized carbons (Fsp3) is 0.778. The first-order valence-corrected chi connectivity index (χ1v) is 7.96. The molecule has 1 saturated heterocycles. The quantitative estimate of drug-likeness (QED) is 0.709. The van der Waals surface area contributed by atoms with E-state index < -0.39 is 5.79 Å². The molecule has 0 radical (unpaired) electrons. The Morgan fingerprint density at radius 2 is 1.67 bits per heavy atom. The third kappa shape index (κ3) is 6.33. The lowest BCUT2D eigenvalue weighted by Gasteiger charge is -2.24. The topological polar surface area (TPSA) is 38.7 Å². The molecule has 1 rings (SSSR count). The average molecular weight is 296 g/mol. The highest BCUT2D eigenvalue weighted by Crippen LogP contribution is 2.38. The molecule has 3 heteroatoms. The van der Waals surface area contributed by atoms with Crippen LogP contribution in [0.1, 0.15) is 67.2 Å². The normalized spacial score (nSPS) is 25.4. The summed E-state index contributed by atoms with van der Waals surface area (Å²) in [4.78, 5) is 0. The predicted molar refractivity (Wildman–Crippen MR) is 87.2 cm³/mol. The van der Waals surface area contributed by atoms with Crippen LogP contribution in [0.15, 0.2) is 23.3 Å². The average Bonchev–Trinajstić information content (AvgIpc) is 2.54. The van der Waals surface area contributed by atoms with Crippen molar-refractivity contribution in [1.82, 2.24) is 0 Å². The Morgan fingerprint density at radius 1 is 1.05 bits per heavy atom. The molecule has 0 amide bonds. The molecule has 1 aliphatic heterocycles. The number of allylic oxidation sites excluding steroid dienone is 3. The van der Waals surface area contributed by atoms with Gasteiger partial charge in [-0.2, -0.15) is 0 Å². The van der Waals surface area contributed by atoms with Crippen molar-refractivity contribution >= 4 is 0 Å². The van der Waals surface area contributed by atoms with E-state index in [0.29, 0.717) is 0 Å². The van der Waals surface area contributed by atoms with E-state index in [9.17, 15) is 0 Å². The lowest BCUT2D eigenvalue weighted by atomic mass is 9.95. The van der Waals surface area contributed by atoms with Crippen molar-refractivity contribution in [3.8, 4) is 0 Å². The molecule has 0 saturated carbocycles. The minimum Gasteiger partial charge on any atom is -0.392 e. The van der Waals surface area contributed by atoms with E-state index >= 15 is 0 Å². The van der Waals surface area contributed by atoms with E-state index in [4.69, 9.17) is 14.6 Å². The first kappa shape index (κ1) is 18.4. The van der Waals surface area contributed by atoms with Crippen molar-refractivity contribution in [1.29, 1.82) is 0 Å². The summed E-state index contributed by atoms with van der Waals surface area (Å²) in [5, 5.41) is 8.82. The Bertz CT molecular complexity index is 391. The van der Waals surface area contributed by atoms with Gasteiger partial charge in [-0.25, -0.2) is 0 Å². The zero-order chi connectivity index (χ0) is 16.1. The van der Waals surface area contributed by atoms with Gasteiger partial charge in [0.05, 0.1) is 18.3 Å². The summed E-state index contributed by atoms with van der Waals surface area (Å²) in [6.45, 7) is 12.6. The van der Waals surface area contributed by atoms with Gasteiger partial charge in [-0.05, 0) is 67.2 Å². The van der Waals surface area contributed by atoms with Crippen molar-refractivity contribution in [2.45, 2.75) is 84.7 Å². The molecule has 0 spiro atoms. The Hall–Kier alpha value is -0.640. The molecule has 0 aliphatic carbocycles. The van der Waals surface area contributed by atoms with Crippen LogP contribution in [0.3, 0.4) is 0 Å². The second-order valence-corrected chi connectivity index (χ2v) is 7.07.